The first-order chi connectivity index (χ1) is 14.0. The number of benzene rings is 2. The summed E-state index contributed by atoms with van der Waals surface area (Å²) >= 11 is 0. The normalized spacial score (nSPS) is 20.4. The van der Waals surface area contributed by atoms with E-state index in [-0.39, 0.29) is 10.8 Å². The van der Waals surface area contributed by atoms with Gasteiger partial charge in [0.2, 0.25) is 0 Å². The van der Waals surface area contributed by atoms with Crippen LogP contribution in [-0.2, 0) is 10.8 Å². The third-order valence-electron chi connectivity index (χ3n) is 6.99. The van der Waals surface area contributed by atoms with Gasteiger partial charge in [0.15, 0.2) is 0 Å². The molecular formula is C29H42O. The highest BCUT2D eigenvalue weighted by atomic mass is 16.3. The van der Waals surface area contributed by atoms with E-state index in [2.05, 4.69) is 84.9 Å². The molecule has 1 heteroatoms. The minimum absolute atomic E-state index is 0.100. The fourth-order valence-corrected chi connectivity index (χ4v) is 5.09. The minimum atomic E-state index is -0.100. The molecule has 0 spiro atoms. The van der Waals surface area contributed by atoms with Crippen LogP contribution in [0.4, 0.5) is 0 Å². The summed E-state index contributed by atoms with van der Waals surface area (Å²) in [5, 5.41) is 11.0. The zero-order valence-electron chi connectivity index (χ0n) is 20.3. The number of hydrogen-bond acceptors (Lipinski definition) is 1. The van der Waals surface area contributed by atoms with Crippen molar-refractivity contribution >= 4 is 0 Å². The zero-order valence-corrected chi connectivity index (χ0v) is 20.3. The zero-order chi connectivity index (χ0) is 22.1. The standard InChI is InChI=1S/C29H42O/c1-8-9-20-10-12-21(13-11-20)22-14-16-23(17-15-22)24-18-25(28(2,3)4)27(30)26(19-24)29(5,6)7/h14-21,30H,8-13H2,1-7H3. The maximum atomic E-state index is 11.0. The summed E-state index contributed by atoms with van der Waals surface area (Å²) in [6.07, 6.45) is 8.18. The second kappa shape index (κ2) is 8.77. The quantitative estimate of drug-likeness (QED) is 0.538. The molecule has 0 heterocycles. The molecule has 0 unspecified atom stereocenters. The third-order valence-corrected chi connectivity index (χ3v) is 6.99. The van der Waals surface area contributed by atoms with Gasteiger partial charge in [-0.1, -0.05) is 85.6 Å². The van der Waals surface area contributed by atoms with Crippen molar-refractivity contribution in [2.24, 2.45) is 5.92 Å². The Morgan fingerprint density at radius 2 is 1.27 bits per heavy atom. The van der Waals surface area contributed by atoms with Crippen molar-refractivity contribution in [3.63, 3.8) is 0 Å². The fourth-order valence-electron chi connectivity index (χ4n) is 5.09. The molecule has 0 atom stereocenters. The van der Waals surface area contributed by atoms with E-state index in [0.29, 0.717) is 5.75 Å². The third kappa shape index (κ3) is 5.10. The first kappa shape index (κ1) is 22.9. The van der Waals surface area contributed by atoms with Crippen LogP contribution < -0.4 is 0 Å². The Morgan fingerprint density at radius 3 is 1.70 bits per heavy atom. The maximum absolute atomic E-state index is 11.0. The predicted octanol–water partition coefficient (Wildman–Crippen LogP) is 8.73. The van der Waals surface area contributed by atoms with Gasteiger partial charge in [0.1, 0.15) is 5.75 Å². The average molecular weight is 407 g/mol. The summed E-state index contributed by atoms with van der Waals surface area (Å²) in [6.45, 7) is 15.4. The molecule has 30 heavy (non-hydrogen) atoms. The Balaban J connectivity index is 1.89. The first-order valence-corrected chi connectivity index (χ1v) is 12.0. The van der Waals surface area contributed by atoms with E-state index < -0.39 is 0 Å². The molecule has 0 aromatic heterocycles. The van der Waals surface area contributed by atoms with Crippen LogP contribution in [0.3, 0.4) is 0 Å². The van der Waals surface area contributed by atoms with Crippen molar-refractivity contribution in [2.45, 2.75) is 104 Å². The molecule has 0 aliphatic heterocycles. The van der Waals surface area contributed by atoms with E-state index in [1.165, 1.54) is 55.2 Å². The van der Waals surface area contributed by atoms with Gasteiger partial charge in [-0.15, -0.1) is 0 Å². The topological polar surface area (TPSA) is 20.2 Å². The van der Waals surface area contributed by atoms with Gasteiger partial charge in [0, 0.05) is 11.1 Å². The molecule has 1 N–H and O–H groups in total. The second-order valence-electron chi connectivity index (χ2n) is 11.5. The van der Waals surface area contributed by atoms with Crippen molar-refractivity contribution in [3.05, 3.63) is 53.1 Å². The highest BCUT2D eigenvalue weighted by Gasteiger charge is 2.27. The summed E-state index contributed by atoms with van der Waals surface area (Å²) in [7, 11) is 0. The summed E-state index contributed by atoms with van der Waals surface area (Å²) in [5.74, 6) is 2.13. The lowest BCUT2D eigenvalue weighted by Gasteiger charge is -2.29. The number of phenolic OH excluding ortho intramolecular Hbond substituents is 1. The number of rotatable bonds is 4. The largest absolute Gasteiger partial charge is 0.507 e. The van der Waals surface area contributed by atoms with Gasteiger partial charge in [-0.25, -0.2) is 0 Å². The van der Waals surface area contributed by atoms with E-state index in [0.717, 1.165) is 23.0 Å². The molecule has 0 amide bonds. The van der Waals surface area contributed by atoms with E-state index in [1.807, 2.05) is 0 Å². The molecule has 3 rings (SSSR count). The van der Waals surface area contributed by atoms with Crippen molar-refractivity contribution in [2.75, 3.05) is 0 Å². The number of aromatic hydroxyl groups is 1. The van der Waals surface area contributed by atoms with Crippen LogP contribution in [0, 0.1) is 5.92 Å². The van der Waals surface area contributed by atoms with Gasteiger partial charge < -0.3 is 5.11 Å². The van der Waals surface area contributed by atoms with Gasteiger partial charge in [-0.2, -0.15) is 0 Å². The smallest absolute Gasteiger partial charge is 0.123 e. The summed E-state index contributed by atoms with van der Waals surface area (Å²) in [6, 6.07) is 13.7. The molecule has 1 aliphatic rings. The minimum Gasteiger partial charge on any atom is -0.507 e. The predicted molar refractivity (Wildman–Crippen MR) is 131 cm³/mol. The van der Waals surface area contributed by atoms with E-state index in [4.69, 9.17) is 0 Å². The van der Waals surface area contributed by atoms with Crippen LogP contribution in [0.2, 0.25) is 0 Å². The van der Waals surface area contributed by atoms with E-state index >= 15 is 0 Å². The second-order valence-corrected chi connectivity index (χ2v) is 11.5. The number of phenols is 1. The van der Waals surface area contributed by atoms with Crippen molar-refractivity contribution in [1.82, 2.24) is 0 Å². The summed E-state index contributed by atoms with van der Waals surface area (Å²) in [4.78, 5) is 0. The van der Waals surface area contributed by atoms with Crippen LogP contribution in [0.1, 0.15) is 110 Å². The SMILES string of the molecule is CCCC1CCC(c2ccc(-c3cc(C(C)(C)C)c(O)c(C(C)(C)C)c3)cc2)CC1. The number of hydrogen-bond donors (Lipinski definition) is 1. The van der Waals surface area contributed by atoms with Crippen LogP contribution in [0.25, 0.3) is 11.1 Å². The van der Waals surface area contributed by atoms with Crippen molar-refractivity contribution in [1.29, 1.82) is 0 Å². The van der Waals surface area contributed by atoms with Crippen LogP contribution >= 0.6 is 0 Å². The molecule has 0 radical (unpaired) electrons. The molecule has 1 saturated carbocycles. The highest BCUT2D eigenvalue weighted by Crippen LogP contribution is 2.43. The average Bonchev–Trinajstić information content (AvgIpc) is 2.67. The van der Waals surface area contributed by atoms with Gasteiger partial charge in [-0.3, -0.25) is 0 Å². The van der Waals surface area contributed by atoms with Gasteiger partial charge >= 0.3 is 0 Å². The maximum Gasteiger partial charge on any atom is 0.123 e. The molecule has 2 aromatic carbocycles. The Bertz CT molecular complexity index is 802. The van der Waals surface area contributed by atoms with Gasteiger partial charge in [0.25, 0.3) is 0 Å². The molecule has 1 aliphatic carbocycles. The van der Waals surface area contributed by atoms with Crippen LogP contribution in [-0.4, -0.2) is 5.11 Å². The van der Waals surface area contributed by atoms with Crippen molar-refractivity contribution in [3.8, 4) is 16.9 Å². The molecule has 1 fully saturated rings. The van der Waals surface area contributed by atoms with Crippen molar-refractivity contribution < 1.29 is 5.11 Å². The fraction of sp³-hybridized carbons (Fsp3) is 0.586. The summed E-state index contributed by atoms with van der Waals surface area (Å²) in [5.41, 5.74) is 5.82. The highest BCUT2D eigenvalue weighted by molar-refractivity contribution is 5.69. The molecule has 0 bridgehead atoms. The molecule has 1 nitrogen and oxygen atoms in total. The molecule has 0 saturated heterocycles. The molecular weight excluding hydrogens is 364 g/mol. The monoisotopic (exact) mass is 406 g/mol. The van der Waals surface area contributed by atoms with E-state index in [9.17, 15) is 5.11 Å². The van der Waals surface area contributed by atoms with Gasteiger partial charge in [0.05, 0.1) is 0 Å². The molecule has 2 aromatic rings. The van der Waals surface area contributed by atoms with Crippen LogP contribution in [0.15, 0.2) is 36.4 Å². The Labute approximate surface area is 184 Å². The Morgan fingerprint density at radius 1 is 0.767 bits per heavy atom. The molecule has 164 valence electrons. The Kier molecular flexibility index (Phi) is 6.70. The van der Waals surface area contributed by atoms with Gasteiger partial charge in [-0.05, 0) is 77.2 Å². The van der Waals surface area contributed by atoms with Crippen LogP contribution in [0.5, 0.6) is 5.75 Å². The summed E-state index contributed by atoms with van der Waals surface area (Å²) < 4.78 is 0. The first-order valence-electron chi connectivity index (χ1n) is 12.0. The Hall–Kier alpha value is -1.76. The van der Waals surface area contributed by atoms with E-state index in [1.54, 1.807) is 0 Å². The lowest BCUT2D eigenvalue weighted by molar-refractivity contribution is 0.308. The lowest BCUT2D eigenvalue weighted by Crippen LogP contribution is -2.17. The lowest BCUT2D eigenvalue weighted by atomic mass is 9.76.